The largest absolute Gasteiger partial charge is 0.497 e. The molecule has 1 aromatic carbocycles. The van der Waals surface area contributed by atoms with E-state index >= 15 is 0 Å². The summed E-state index contributed by atoms with van der Waals surface area (Å²) in [4.78, 5) is 12.2. The van der Waals surface area contributed by atoms with Crippen molar-refractivity contribution in [2.75, 3.05) is 7.11 Å². The zero-order valence-electron chi connectivity index (χ0n) is 15.0. The van der Waals surface area contributed by atoms with E-state index in [2.05, 4.69) is 9.44 Å². The molecule has 0 saturated heterocycles. The third kappa shape index (κ3) is 3.58. The molecule has 2 aliphatic rings. The number of hydrogen-bond donors (Lipinski definition) is 0. The summed E-state index contributed by atoms with van der Waals surface area (Å²) in [7, 11) is -4.26. The van der Waals surface area contributed by atoms with Crippen molar-refractivity contribution in [1.29, 1.82) is 5.26 Å². The number of Topliss-reactive ketones (excluding diaryl/α,β-unsaturated/α-hetero) is 1. The number of rotatable bonds is 7. The highest BCUT2D eigenvalue weighted by molar-refractivity contribution is 7.88. The van der Waals surface area contributed by atoms with Crippen LogP contribution in [-0.2, 0) is 19.2 Å². The molecule has 150 valence electrons. The number of fused-ring (bicyclic) bond motifs is 2. The van der Waals surface area contributed by atoms with Crippen LogP contribution in [0.15, 0.2) is 29.4 Å². The monoisotopic (exact) mass is 412 g/mol. The van der Waals surface area contributed by atoms with Gasteiger partial charge in [-0.25, -0.2) is 0 Å². The molecule has 3 unspecified atom stereocenters. The van der Waals surface area contributed by atoms with Gasteiger partial charge in [0.25, 0.3) is 0 Å². The maximum absolute atomic E-state index is 14.4. The minimum absolute atomic E-state index is 0.140. The summed E-state index contributed by atoms with van der Waals surface area (Å²) in [5.74, 6) is -2.20. The maximum Gasteiger partial charge on any atom is 0.439 e. The van der Waals surface area contributed by atoms with Crippen LogP contribution < -0.4 is 4.74 Å². The molecule has 0 amide bonds. The molecular weight excluding hydrogens is 394 g/mol. The van der Waals surface area contributed by atoms with E-state index in [1.54, 1.807) is 6.07 Å². The van der Waals surface area contributed by atoms with Crippen LogP contribution in [0, 0.1) is 29.1 Å². The Balaban J connectivity index is 1.78. The van der Waals surface area contributed by atoms with Gasteiger partial charge >= 0.3 is 15.4 Å². The summed E-state index contributed by atoms with van der Waals surface area (Å²) in [6.07, 6.45) is 2.46. The summed E-state index contributed by atoms with van der Waals surface area (Å²) in [6, 6.07) is 7.30. The van der Waals surface area contributed by atoms with Gasteiger partial charge in [-0.15, -0.1) is 0 Å². The molecule has 3 rings (SSSR count). The van der Waals surface area contributed by atoms with Crippen LogP contribution in [0.25, 0.3) is 0 Å². The molecule has 2 bridgehead atoms. The normalized spacial score (nSPS) is 24.6. The minimum atomic E-state index is -5.69. The van der Waals surface area contributed by atoms with Gasteiger partial charge in [0, 0.05) is 11.5 Å². The number of ketones is 1. The Kier molecular flexibility index (Phi) is 5.39. The molecule has 1 aromatic rings. The van der Waals surface area contributed by atoms with Crippen LogP contribution in [0.3, 0.4) is 0 Å². The summed E-state index contributed by atoms with van der Waals surface area (Å²) >= 11 is 0. The Bertz CT molecular complexity index is 938. The van der Waals surface area contributed by atoms with Crippen LogP contribution in [0.1, 0.15) is 31.2 Å². The van der Waals surface area contributed by atoms with Crippen molar-refractivity contribution in [2.24, 2.45) is 22.9 Å². The van der Waals surface area contributed by atoms with Gasteiger partial charge in [0.05, 0.1) is 7.11 Å². The molecule has 2 aliphatic carbocycles. The second-order valence-electron chi connectivity index (χ2n) is 6.97. The number of nitriles is 1. The number of carbonyl (C=O) groups excluding carboxylic acids is 1. The second kappa shape index (κ2) is 7.47. The highest BCUT2D eigenvalue weighted by atomic mass is 32.2. The van der Waals surface area contributed by atoms with Crippen molar-refractivity contribution in [3.63, 3.8) is 0 Å². The summed E-state index contributed by atoms with van der Waals surface area (Å²) in [5.41, 5.74) is -0.393. The van der Waals surface area contributed by atoms with Gasteiger partial charge in [-0.05, 0) is 55.4 Å². The van der Waals surface area contributed by atoms with Gasteiger partial charge in [-0.3, -0.25) is 9.08 Å². The number of ether oxygens (including phenoxy) is 1. The Labute approximate surface area is 161 Å². The predicted octanol–water partition coefficient (Wildman–Crippen LogP) is 2.87. The molecule has 10 heteroatoms. The van der Waals surface area contributed by atoms with E-state index in [0.29, 0.717) is 18.6 Å². The van der Waals surface area contributed by atoms with E-state index in [1.807, 2.05) is 0 Å². The van der Waals surface area contributed by atoms with Gasteiger partial charge in [-0.1, -0.05) is 11.6 Å². The second-order valence-corrected chi connectivity index (χ2v) is 8.54. The van der Waals surface area contributed by atoms with Gasteiger partial charge in [-0.2, -0.15) is 22.5 Å². The summed E-state index contributed by atoms with van der Waals surface area (Å²) in [6.45, 7) is 0. The molecule has 0 spiro atoms. The molecule has 0 aromatic heterocycles. The number of benzene rings is 1. The smallest absolute Gasteiger partial charge is 0.439 e. The van der Waals surface area contributed by atoms with Gasteiger partial charge in [0.15, 0.2) is 5.71 Å². The van der Waals surface area contributed by atoms with Crippen molar-refractivity contribution < 1.29 is 31.0 Å². The molecule has 0 radical (unpaired) electrons. The molecule has 3 atom stereocenters. The fraction of sp³-hybridized carbons (Fsp3) is 0.500. The van der Waals surface area contributed by atoms with Crippen LogP contribution in [0.5, 0.6) is 5.75 Å². The third-order valence-corrected chi connectivity index (χ3v) is 6.47. The number of oxime groups is 1. The lowest BCUT2D eigenvalue weighted by atomic mass is 9.86. The predicted molar refractivity (Wildman–Crippen MR) is 94.0 cm³/mol. The lowest BCUT2D eigenvalue weighted by molar-refractivity contribution is -0.139. The highest BCUT2D eigenvalue weighted by Gasteiger charge is 2.60. The highest BCUT2D eigenvalue weighted by Crippen LogP contribution is 2.50. The minimum Gasteiger partial charge on any atom is -0.497 e. The average Bonchev–Trinajstić information content (AvgIpc) is 3.31. The van der Waals surface area contributed by atoms with Gasteiger partial charge < -0.3 is 4.74 Å². The van der Waals surface area contributed by atoms with E-state index in [9.17, 15) is 22.0 Å². The molecule has 2 saturated carbocycles. The Morgan fingerprint density at radius 1 is 1.25 bits per heavy atom. The lowest BCUT2D eigenvalue weighted by Gasteiger charge is -2.23. The van der Waals surface area contributed by atoms with E-state index in [-0.39, 0.29) is 23.8 Å². The Hall–Kier alpha value is -2.54. The van der Waals surface area contributed by atoms with E-state index in [0.717, 1.165) is 6.42 Å². The topological polar surface area (TPSA) is 106 Å². The molecule has 0 heterocycles. The zero-order valence-corrected chi connectivity index (χ0v) is 15.8. The Morgan fingerprint density at radius 3 is 2.43 bits per heavy atom. The molecule has 7 nitrogen and oxygen atoms in total. The van der Waals surface area contributed by atoms with Crippen molar-refractivity contribution in [3.05, 3.63) is 29.8 Å². The van der Waals surface area contributed by atoms with Crippen LogP contribution in [0.2, 0.25) is 0 Å². The van der Waals surface area contributed by atoms with Crippen LogP contribution >= 0.6 is 0 Å². The molecule has 28 heavy (non-hydrogen) atoms. The third-order valence-electron chi connectivity index (χ3n) is 5.37. The van der Waals surface area contributed by atoms with Gasteiger partial charge in [0.1, 0.15) is 11.8 Å². The maximum atomic E-state index is 14.4. The van der Waals surface area contributed by atoms with E-state index < -0.39 is 32.8 Å². The Morgan fingerprint density at radius 2 is 1.93 bits per heavy atom. The fourth-order valence-electron chi connectivity index (χ4n) is 3.92. The number of hydrogen-bond acceptors (Lipinski definition) is 7. The SMILES string of the molecule is COc1ccc(/C(C#N)=N/OS(=O)(=O)C(F)(F)C(=O)C2CC3CCC2C3)cc1. The van der Waals surface area contributed by atoms with Gasteiger partial charge in [0.2, 0.25) is 5.78 Å². The van der Waals surface area contributed by atoms with Crippen molar-refractivity contribution in [1.82, 2.24) is 0 Å². The number of methoxy groups -OCH3 is 1. The number of carbonyl (C=O) groups is 1. The zero-order chi connectivity index (χ0) is 20.5. The van der Waals surface area contributed by atoms with Crippen molar-refractivity contribution in [2.45, 2.75) is 30.9 Å². The quantitative estimate of drug-likeness (QED) is 0.504. The average molecular weight is 412 g/mol. The molecular formula is C18H18F2N2O5S. The standard InChI is InChI=1S/C18H18F2N2O5S/c1-26-14-6-4-12(5-7-14)16(10-21)22-27-28(24,25)18(19,20)17(23)15-9-11-2-3-13(15)8-11/h4-7,11,13,15H,2-3,8-9H2,1H3/b22-16+. The first-order valence-corrected chi connectivity index (χ1v) is 10.1. The number of halogens is 2. The first-order chi connectivity index (χ1) is 13.2. The lowest BCUT2D eigenvalue weighted by Crippen LogP contribution is -2.43. The molecule has 2 fully saturated rings. The first-order valence-electron chi connectivity index (χ1n) is 8.67. The van der Waals surface area contributed by atoms with Crippen LogP contribution in [-0.4, -0.2) is 32.3 Å². The van der Waals surface area contributed by atoms with Crippen LogP contribution in [0.4, 0.5) is 8.78 Å². The number of alkyl halides is 2. The first kappa shape index (κ1) is 20.2. The fourth-order valence-corrected chi connectivity index (χ4v) is 4.59. The van der Waals surface area contributed by atoms with E-state index in [4.69, 9.17) is 10.00 Å². The summed E-state index contributed by atoms with van der Waals surface area (Å²) in [5, 5.41) is 7.44. The van der Waals surface area contributed by atoms with Crippen molar-refractivity contribution >= 4 is 21.6 Å². The summed E-state index contributed by atoms with van der Waals surface area (Å²) < 4.78 is 61.8. The molecule has 0 aliphatic heterocycles. The molecule has 0 N–H and O–H groups in total. The number of nitrogens with zero attached hydrogens (tertiary/aromatic N) is 2. The van der Waals surface area contributed by atoms with Crippen molar-refractivity contribution in [3.8, 4) is 11.8 Å². The van der Waals surface area contributed by atoms with E-state index in [1.165, 1.54) is 31.4 Å².